The minimum Gasteiger partial charge on any atom is -0.489 e. The maximum absolute atomic E-state index is 13.1. The fourth-order valence-corrected chi connectivity index (χ4v) is 1.98. The molecule has 2 aromatic rings. The summed E-state index contributed by atoms with van der Waals surface area (Å²) in [7, 11) is 0. The molecule has 1 unspecified atom stereocenters. The van der Waals surface area contributed by atoms with Crippen LogP contribution in [0, 0.1) is 17.1 Å². The second-order valence-electron chi connectivity index (χ2n) is 5.24. The maximum atomic E-state index is 13.1. The number of aliphatic carboxylic acids is 1. The van der Waals surface area contributed by atoms with Crippen LogP contribution in [0.2, 0.25) is 0 Å². The molecule has 2 N–H and O–H groups in total. The normalized spacial score (nSPS) is 11.6. The number of hydrogen-bond acceptors (Lipinski definition) is 4. The summed E-state index contributed by atoms with van der Waals surface area (Å²) in [4.78, 5) is 22.7. The maximum Gasteiger partial charge on any atom is 0.314 e. The molecule has 0 saturated carbocycles. The van der Waals surface area contributed by atoms with Crippen LogP contribution in [0.5, 0.6) is 5.75 Å². The highest BCUT2D eigenvalue weighted by atomic mass is 19.1. The van der Waals surface area contributed by atoms with E-state index in [1.54, 1.807) is 24.3 Å². The zero-order chi connectivity index (χ0) is 17.7. The van der Waals surface area contributed by atoms with Gasteiger partial charge in [-0.05, 0) is 48.9 Å². The van der Waals surface area contributed by atoms with Crippen molar-refractivity contribution in [1.82, 2.24) is 0 Å². The van der Waals surface area contributed by atoms with Crippen molar-refractivity contribution >= 4 is 17.5 Å². The predicted octanol–water partition coefficient (Wildman–Crippen LogP) is 3.06. The first-order chi connectivity index (χ1) is 11.4. The van der Waals surface area contributed by atoms with E-state index in [2.05, 4.69) is 0 Å². The van der Waals surface area contributed by atoms with Crippen LogP contribution in [-0.4, -0.2) is 22.6 Å². The number of hydrogen-bond donors (Lipinski definition) is 2. The number of carboxylic acid groups (broad SMARTS) is 1. The van der Waals surface area contributed by atoms with Crippen molar-refractivity contribution in [2.75, 3.05) is 0 Å². The molecule has 0 spiro atoms. The summed E-state index contributed by atoms with van der Waals surface area (Å²) in [6.45, 7) is 1.43. The van der Waals surface area contributed by atoms with Crippen molar-refractivity contribution in [2.45, 2.75) is 13.5 Å². The summed E-state index contributed by atoms with van der Waals surface area (Å²) in [5.41, 5.74) is 0.630. The second-order valence-corrected chi connectivity index (χ2v) is 5.24. The van der Waals surface area contributed by atoms with Gasteiger partial charge in [-0.2, -0.15) is 0 Å². The number of ketones is 1. The summed E-state index contributed by atoms with van der Waals surface area (Å²) in [6.07, 6.45) is 0. The summed E-state index contributed by atoms with van der Waals surface area (Å²) in [5.74, 6) is -3.13. The van der Waals surface area contributed by atoms with E-state index in [-0.39, 0.29) is 18.1 Å². The Bertz CT molecular complexity index is 771. The van der Waals surface area contributed by atoms with Crippen molar-refractivity contribution in [2.24, 2.45) is 5.92 Å². The molecule has 24 heavy (non-hydrogen) atoms. The molecule has 0 aliphatic rings. The van der Waals surface area contributed by atoms with E-state index >= 15 is 0 Å². The Kier molecular flexibility index (Phi) is 5.42. The van der Waals surface area contributed by atoms with Crippen molar-refractivity contribution < 1.29 is 23.8 Å². The Labute approximate surface area is 138 Å². The third kappa shape index (κ3) is 4.25. The highest BCUT2D eigenvalue weighted by Gasteiger charge is 2.25. The van der Waals surface area contributed by atoms with Gasteiger partial charge in [0.2, 0.25) is 0 Å². The first-order valence-electron chi connectivity index (χ1n) is 7.21. The van der Waals surface area contributed by atoms with Crippen LogP contribution in [0.15, 0.2) is 48.5 Å². The number of carbonyl (C=O) groups is 2. The van der Waals surface area contributed by atoms with E-state index in [0.717, 1.165) is 0 Å². The van der Waals surface area contributed by atoms with Gasteiger partial charge in [-0.3, -0.25) is 15.0 Å². The number of carboxylic acids is 1. The number of Topliss-reactive ketones (excluding diaryl/α,β-unsaturated/α-hetero) is 1. The van der Waals surface area contributed by atoms with Gasteiger partial charge in [0.15, 0.2) is 5.78 Å². The van der Waals surface area contributed by atoms with Gasteiger partial charge in [0, 0.05) is 5.56 Å². The van der Waals surface area contributed by atoms with Gasteiger partial charge in [-0.25, -0.2) is 4.39 Å². The average molecular weight is 329 g/mol. The Hall–Kier alpha value is -3.02. The zero-order valence-corrected chi connectivity index (χ0v) is 13.0. The highest BCUT2D eigenvalue weighted by molar-refractivity contribution is 6.47. The zero-order valence-electron chi connectivity index (χ0n) is 13.0. The number of nitrogens with one attached hydrogen (secondary N) is 1. The molecule has 5 nitrogen and oxygen atoms in total. The molecule has 0 saturated heterocycles. The lowest BCUT2D eigenvalue weighted by atomic mass is 9.97. The van der Waals surface area contributed by atoms with Crippen LogP contribution < -0.4 is 4.74 Å². The molecule has 124 valence electrons. The number of rotatable bonds is 7. The third-order valence-corrected chi connectivity index (χ3v) is 3.45. The van der Waals surface area contributed by atoms with E-state index < -0.39 is 17.7 Å². The summed E-state index contributed by atoms with van der Waals surface area (Å²) >= 11 is 0. The number of ether oxygens (including phenoxy) is 1. The van der Waals surface area contributed by atoms with E-state index in [1.807, 2.05) is 0 Å². The molecule has 0 fully saturated rings. The van der Waals surface area contributed by atoms with E-state index in [1.165, 1.54) is 31.2 Å². The second kappa shape index (κ2) is 7.50. The van der Waals surface area contributed by atoms with Gasteiger partial charge in [0.25, 0.3) is 0 Å². The molecular weight excluding hydrogens is 313 g/mol. The number of carbonyl (C=O) groups excluding carboxylic acids is 1. The van der Waals surface area contributed by atoms with Crippen LogP contribution in [0.3, 0.4) is 0 Å². The first kappa shape index (κ1) is 17.3. The van der Waals surface area contributed by atoms with E-state index in [0.29, 0.717) is 16.9 Å². The van der Waals surface area contributed by atoms with E-state index in [9.17, 15) is 14.0 Å². The predicted molar refractivity (Wildman–Crippen MR) is 85.8 cm³/mol. The van der Waals surface area contributed by atoms with Gasteiger partial charge in [-0.15, -0.1) is 0 Å². The quantitative estimate of drug-likeness (QED) is 0.604. The largest absolute Gasteiger partial charge is 0.489 e. The van der Waals surface area contributed by atoms with Crippen LogP contribution in [0.4, 0.5) is 4.39 Å². The minimum atomic E-state index is -1.26. The Balaban J connectivity index is 2.01. The SMILES string of the molecule is CC(C(=O)O)C(=O)C(=N)c1ccc(OCc2cccc(F)c2)cc1. The molecule has 0 bridgehead atoms. The molecule has 2 rings (SSSR count). The molecule has 0 heterocycles. The molecule has 0 radical (unpaired) electrons. The lowest BCUT2D eigenvalue weighted by molar-refractivity contribution is -0.143. The molecule has 0 amide bonds. The van der Waals surface area contributed by atoms with Gasteiger partial charge in [-0.1, -0.05) is 12.1 Å². The molecule has 6 heteroatoms. The first-order valence-corrected chi connectivity index (χ1v) is 7.21. The topological polar surface area (TPSA) is 87.5 Å². The van der Waals surface area contributed by atoms with Gasteiger partial charge >= 0.3 is 5.97 Å². The molecule has 2 aromatic carbocycles. The van der Waals surface area contributed by atoms with Crippen molar-refractivity contribution in [3.63, 3.8) is 0 Å². The van der Waals surface area contributed by atoms with E-state index in [4.69, 9.17) is 15.3 Å². The fourth-order valence-electron chi connectivity index (χ4n) is 1.98. The number of halogens is 1. The smallest absolute Gasteiger partial charge is 0.314 e. The molecule has 0 aliphatic carbocycles. The van der Waals surface area contributed by atoms with Gasteiger partial charge in [0.05, 0.1) is 0 Å². The van der Waals surface area contributed by atoms with Gasteiger partial charge in [0.1, 0.15) is 29.8 Å². The Morgan fingerprint density at radius 2 is 1.88 bits per heavy atom. The fraction of sp³-hybridized carbons (Fsp3) is 0.167. The molecular formula is C18H16FNO4. The standard InChI is InChI=1S/C18H16FNO4/c1-11(18(22)23)17(21)16(20)13-5-7-15(8-6-13)24-10-12-3-2-4-14(19)9-12/h2-9,11,20H,10H2,1H3,(H,22,23). The Morgan fingerprint density at radius 3 is 2.46 bits per heavy atom. The lowest BCUT2D eigenvalue weighted by Gasteiger charge is -2.09. The summed E-state index contributed by atoms with van der Waals surface area (Å²) < 4.78 is 18.6. The number of benzene rings is 2. The monoisotopic (exact) mass is 329 g/mol. The van der Waals surface area contributed by atoms with Gasteiger partial charge < -0.3 is 9.84 Å². The van der Waals surface area contributed by atoms with Crippen LogP contribution in [0.25, 0.3) is 0 Å². The lowest BCUT2D eigenvalue weighted by Crippen LogP contribution is -2.27. The molecule has 1 atom stereocenters. The van der Waals surface area contributed by atoms with Crippen LogP contribution >= 0.6 is 0 Å². The average Bonchev–Trinajstić information content (AvgIpc) is 2.58. The van der Waals surface area contributed by atoms with Crippen molar-refractivity contribution in [1.29, 1.82) is 5.41 Å². The van der Waals surface area contributed by atoms with Crippen LogP contribution in [-0.2, 0) is 16.2 Å². The minimum absolute atomic E-state index is 0.184. The third-order valence-electron chi connectivity index (χ3n) is 3.45. The summed E-state index contributed by atoms with van der Waals surface area (Å²) in [6, 6.07) is 12.2. The Morgan fingerprint density at radius 1 is 1.21 bits per heavy atom. The molecule has 0 aromatic heterocycles. The summed E-state index contributed by atoms with van der Waals surface area (Å²) in [5, 5.41) is 16.6. The van der Waals surface area contributed by atoms with Crippen LogP contribution in [0.1, 0.15) is 18.1 Å². The highest BCUT2D eigenvalue weighted by Crippen LogP contribution is 2.16. The van der Waals surface area contributed by atoms with Crippen molar-refractivity contribution in [3.05, 3.63) is 65.5 Å². The molecule has 0 aliphatic heterocycles. The van der Waals surface area contributed by atoms with Crippen molar-refractivity contribution in [3.8, 4) is 5.75 Å².